The van der Waals surface area contributed by atoms with E-state index in [9.17, 15) is 9.59 Å². The molecular weight excluding hydrogens is 424 g/mol. The van der Waals surface area contributed by atoms with Crippen LogP contribution < -0.4 is 4.74 Å². The van der Waals surface area contributed by atoms with E-state index in [-0.39, 0.29) is 18.4 Å². The first-order valence-corrected chi connectivity index (χ1v) is 10.5. The van der Waals surface area contributed by atoms with Gasteiger partial charge in [-0.05, 0) is 49.0 Å². The Morgan fingerprint density at radius 3 is 2.47 bits per heavy atom. The first-order valence-electron chi connectivity index (χ1n) is 9.29. The Bertz CT molecular complexity index is 975. The summed E-state index contributed by atoms with van der Waals surface area (Å²) < 4.78 is 6.18. The zero-order valence-electron chi connectivity index (χ0n) is 16.3. The van der Waals surface area contributed by atoms with Gasteiger partial charge >= 0.3 is 5.97 Å². The number of ether oxygens (including phenoxy) is 1. The average molecular weight is 445 g/mol. The van der Waals surface area contributed by atoms with Crippen LogP contribution in [0.3, 0.4) is 0 Å². The lowest BCUT2D eigenvalue weighted by atomic mass is 10.1. The summed E-state index contributed by atoms with van der Waals surface area (Å²) in [6, 6.07) is 14.3. The summed E-state index contributed by atoms with van der Waals surface area (Å²) in [7, 11) is 1.76. The Hall–Kier alpha value is -2.74. The highest BCUT2D eigenvalue weighted by Gasteiger charge is 2.17. The van der Waals surface area contributed by atoms with E-state index in [1.54, 1.807) is 59.9 Å². The van der Waals surface area contributed by atoms with Gasteiger partial charge in [-0.3, -0.25) is 14.5 Å². The summed E-state index contributed by atoms with van der Waals surface area (Å²) in [4.78, 5) is 29.1. The van der Waals surface area contributed by atoms with Crippen molar-refractivity contribution in [2.45, 2.75) is 12.5 Å². The van der Waals surface area contributed by atoms with Crippen LogP contribution in [0.15, 0.2) is 60.1 Å². The van der Waals surface area contributed by atoms with Gasteiger partial charge in [-0.15, -0.1) is 11.3 Å². The third kappa shape index (κ3) is 6.13. The molecule has 2 aromatic carbocycles. The van der Waals surface area contributed by atoms with Gasteiger partial charge in [-0.1, -0.05) is 23.7 Å². The maximum Gasteiger partial charge on any atom is 0.317 e. The molecule has 1 heterocycles. The van der Waals surface area contributed by atoms with Crippen LogP contribution >= 0.6 is 22.9 Å². The van der Waals surface area contributed by atoms with Crippen molar-refractivity contribution in [1.82, 2.24) is 9.88 Å². The predicted molar refractivity (Wildman–Crippen MR) is 117 cm³/mol. The highest BCUT2D eigenvalue weighted by Crippen LogP contribution is 2.27. The Kier molecular flexibility index (Phi) is 7.57. The first-order chi connectivity index (χ1) is 14.4. The zero-order valence-corrected chi connectivity index (χ0v) is 17.9. The minimum absolute atomic E-state index is 0.0408. The van der Waals surface area contributed by atoms with E-state index in [1.807, 2.05) is 12.1 Å². The number of thiazole rings is 1. The highest BCUT2D eigenvalue weighted by atomic mass is 35.5. The third-order valence-corrected chi connectivity index (χ3v) is 5.47. The number of halogens is 1. The van der Waals surface area contributed by atoms with Crippen molar-refractivity contribution >= 4 is 34.7 Å². The molecular formula is C22H21ClN2O4S. The summed E-state index contributed by atoms with van der Waals surface area (Å²) in [5, 5.41) is 11.8. The molecule has 0 amide bonds. The van der Waals surface area contributed by atoms with E-state index < -0.39 is 5.97 Å². The van der Waals surface area contributed by atoms with Crippen LogP contribution in [-0.4, -0.2) is 46.9 Å². The molecule has 0 saturated heterocycles. The molecule has 8 heteroatoms. The second-order valence-electron chi connectivity index (χ2n) is 6.77. The number of aliphatic carboxylic acids is 1. The Morgan fingerprint density at radius 2 is 1.87 bits per heavy atom. The molecule has 0 bridgehead atoms. The van der Waals surface area contributed by atoms with Crippen molar-refractivity contribution in [3.8, 4) is 5.75 Å². The Labute approximate surface area is 183 Å². The molecule has 0 fully saturated rings. The molecule has 0 radical (unpaired) electrons. The minimum atomic E-state index is -0.873. The van der Waals surface area contributed by atoms with Crippen molar-refractivity contribution in [2.75, 3.05) is 20.1 Å². The standard InChI is InChI=1S/C22H21ClN2O4S/c1-25(14-20(26)27)12-10-19(15-2-6-17(23)7-3-15)29-18-8-4-16(5-9-18)21(28)22-24-11-13-30-22/h2-9,11,13,19H,10,12,14H2,1H3,(H,26,27)/t19-/m0/s1. The van der Waals surface area contributed by atoms with Crippen LogP contribution in [0.5, 0.6) is 5.75 Å². The lowest BCUT2D eigenvalue weighted by Gasteiger charge is -2.22. The lowest BCUT2D eigenvalue weighted by molar-refractivity contribution is -0.138. The minimum Gasteiger partial charge on any atom is -0.486 e. The van der Waals surface area contributed by atoms with Crippen molar-refractivity contribution in [3.63, 3.8) is 0 Å². The maximum atomic E-state index is 12.4. The molecule has 3 aromatic rings. The van der Waals surface area contributed by atoms with Crippen molar-refractivity contribution in [3.05, 3.63) is 81.3 Å². The number of hydrogen-bond donors (Lipinski definition) is 1. The summed E-state index contributed by atoms with van der Waals surface area (Å²) in [5.74, 6) is -0.380. The molecule has 0 unspecified atom stereocenters. The average Bonchev–Trinajstić information content (AvgIpc) is 3.26. The van der Waals surface area contributed by atoms with Gasteiger partial charge < -0.3 is 9.84 Å². The van der Waals surface area contributed by atoms with Gasteiger partial charge in [-0.2, -0.15) is 0 Å². The van der Waals surface area contributed by atoms with Crippen molar-refractivity contribution < 1.29 is 19.4 Å². The number of aromatic nitrogens is 1. The number of ketones is 1. The van der Waals surface area contributed by atoms with E-state index in [0.717, 1.165) is 5.56 Å². The lowest BCUT2D eigenvalue weighted by Crippen LogP contribution is -2.28. The molecule has 0 aliphatic rings. The Morgan fingerprint density at radius 1 is 1.17 bits per heavy atom. The molecule has 1 aromatic heterocycles. The van der Waals surface area contributed by atoms with Gasteiger partial charge in [-0.25, -0.2) is 4.98 Å². The molecule has 1 atom stereocenters. The van der Waals surface area contributed by atoms with Crippen molar-refractivity contribution in [1.29, 1.82) is 0 Å². The van der Waals surface area contributed by atoms with Gasteiger partial charge in [0.25, 0.3) is 0 Å². The van der Waals surface area contributed by atoms with Gasteiger partial charge in [0.2, 0.25) is 5.78 Å². The second kappa shape index (κ2) is 10.3. The largest absolute Gasteiger partial charge is 0.486 e. The topological polar surface area (TPSA) is 79.7 Å². The quantitative estimate of drug-likeness (QED) is 0.462. The van der Waals surface area contributed by atoms with E-state index in [2.05, 4.69) is 4.98 Å². The maximum absolute atomic E-state index is 12.4. The number of carbonyl (C=O) groups excluding carboxylic acids is 1. The molecule has 6 nitrogen and oxygen atoms in total. The summed E-state index contributed by atoms with van der Waals surface area (Å²) in [5.41, 5.74) is 1.48. The molecule has 1 N–H and O–H groups in total. The normalized spacial score (nSPS) is 12.0. The zero-order chi connectivity index (χ0) is 21.5. The number of carboxylic acids is 1. The van der Waals surface area contributed by atoms with Crippen LogP contribution in [0, 0.1) is 0 Å². The van der Waals surface area contributed by atoms with E-state index >= 15 is 0 Å². The van der Waals surface area contributed by atoms with Gasteiger partial charge in [0, 0.05) is 35.1 Å². The van der Waals surface area contributed by atoms with Crippen LogP contribution in [-0.2, 0) is 4.79 Å². The molecule has 156 valence electrons. The Balaban J connectivity index is 1.72. The number of benzene rings is 2. The fraction of sp³-hybridized carbons (Fsp3) is 0.227. The predicted octanol–water partition coefficient (Wildman–Crippen LogP) is 4.55. The molecule has 30 heavy (non-hydrogen) atoms. The molecule has 0 aliphatic carbocycles. The van der Waals surface area contributed by atoms with Crippen LogP contribution in [0.2, 0.25) is 5.02 Å². The summed E-state index contributed by atoms with van der Waals surface area (Å²) in [6.07, 6.45) is 1.90. The number of nitrogens with zero attached hydrogens (tertiary/aromatic N) is 2. The molecule has 0 saturated carbocycles. The fourth-order valence-electron chi connectivity index (χ4n) is 2.93. The number of likely N-dealkylation sites (N-methyl/N-ethyl adjacent to an activating group) is 1. The molecule has 3 rings (SSSR count). The molecule has 0 aliphatic heterocycles. The number of carboxylic acid groups (broad SMARTS) is 1. The number of carbonyl (C=O) groups is 2. The smallest absolute Gasteiger partial charge is 0.317 e. The van der Waals surface area contributed by atoms with Crippen molar-refractivity contribution in [2.24, 2.45) is 0 Å². The van der Waals surface area contributed by atoms with E-state index in [4.69, 9.17) is 21.4 Å². The van der Waals surface area contributed by atoms with Gasteiger partial charge in [0.1, 0.15) is 11.9 Å². The summed E-state index contributed by atoms with van der Waals surface area (Å²) >= 11 is 7.30. The SMILES string of the molecule is CN(CC[C@H](Oc1ccc(C(=O)c2nccs2)cc1)c1ccc(Cl)cc1)CC(=O)O. The van der Waals surface area contributed by atoms with Crippen LogP contribution in [0.1, 0.15) is 33.5 Å². The highest BCUT2D eigenvalue weighted by molar-refractivity contribution is 7.11. The van der Waals surface area contributed by atoms with E-state index in [0.29, 0.717) is 34.3 Å². The van der Waals surface area contributed by atoms with E-state index in [1.165, 1.54) is 11.3 Å². The summed E-state index contributed by atoms with van der Waals surface area (Å²) in [6.45, 7) is 0.501. The third-order valence-electron chi connectivity index (χ3n) is 4.44. The van der Waals surface area contributed by atoms with Gasteiger partial charge in [0.05, 0.1) is 6.54 Å². The number of rotatable bonds is 10. The van der Waals surface area contributed by atoms with Gasteiger partial charge in [0.15, 0.2) is 5.01 Å². The first kappa shape index (κ1) is 22.0. The second-order valence-corrected chi connectivity index (χ2v) is 8.10. The monoisotopic (exact) mass is 444 g/mol. The van der Waals surface area contributed by atoms with Crippen LogP contribution in [0.25, 0.3) is 0 Å². The molecule has 0 spiro atoms. The number of hydrogen-bond acceptors (Lipinski definition) is 6. The fourth-order valence-corrected chi connectivity index (χ4v) is 3.65. The van der Waals surface area contributed by atoms with Crippen LogP contribution in [0.4, 0.5) is 0 Å².